The molecule has 0 bridgehead atoms. The Balaban J connectivity index is 1.77. The molecule has 0 aliphatic rings. The molecule has 0 fully saturated rings. The standard InChI is InChI=1S/C19H15ClN4/c20-16-9-7-15(8-10-16)17-18(22-13-14-5-2-1-3-6-14)24-12-4-11-21-19(24)23-17/h1-12,22H,13H2. The molecule has 0 unspecified atom stereocenters. The van der Waals surface area contributed by atoms with Gasteiger partial charge in [0.25, 0.3) is 0 Å². The molecule has 0 saturated carbocycles. The molecule has 4 nitrogen and oxygen atoms in total. The minimum atomic E-state index is 0.665. The molecular weight excluding hydrogens is 320 g/mol. The molecule has 24 heavy (non-hydrogen) atoms. The molecule has 0 amide bonds. The highest BCUT2D eigenvalue weighted by Gasteiger charge is 2.14. The summed E-state index contributed by atoms with van der Waals surface area (Å²) in [6.45, 7) is 0.712. The lowest BCUT2D eigenvalue weighted by Gasteiger charge is -2.09. The Hall–Kier alpha value is -2.85. The van der Waals surface area contributed by atoms with Crippen molar-refractivity contribution in [2.45, 2.75) is 6.54 Å². The van der Waals surface area contributed by atoms with Crippen molar-refractivity contribution in [3.63, 3.8) is 0 Å². The molecule has 118 valence electrons. The van der Waals surface area contributed by atoms with Crippen molar-refractivity contribution in [2.24, 2.45) is 0 Å². The largest absolute Gasteiger partial charge is 0.365 e. The second-order valence-corrected chi connectivity index (χ2v) is 5.88. The first-order chi connectivity index (χ1) is 11.8. The van der Waals surface area contributed by atoms with Gasteiger partial charge in [0, 0.05) is 29.5 Å². The Kier molecular flexibility index (Phi) is 3.89. The number of benzene rings is 2. The lowest BCUT2D eigenvalue weighted by Crippen LogP contribution is -2.03. The Bertz CT molecular complexity index is 962. The van der Waals surface area contributed by atoms with Gasteiger partial charge in [0.15, 0.2) is 0 Å². The molecule has 4 rings (SSSR count). The van der Waals surface area contributed by atoms with Gasteiger partial charge < -0.3 is 5.32 Å². The number of nitrogens with one attached hydrogen (secondary N) is 1. The van der Waals surface area contributed by atoms with E-state index >= 15 is 0 Å². The summed E-state index contributed by atoms with van der Waals surface area (Å²) >= 11 is 6.01. The van der Waals surface area contributed by atoms with Gasteiger partial charge >= 0.3 is 0 Å². The minimum absolute atomic E-state index is 0.665. The summed E-state index contributed by atoms with van der Waals surface area (Å²) in [5, 5.41) is 4.20. The van der Waals surface area contributed by atoms with Crippen molar-refractivity contribution in [1.82, 2.24) is 14.4 Å². The van der Waals surface area contributed by atoms with Crippen molar-refractivity contribution >= 4 is 23.2 Å². The van der Waals surface area contributed by atoms with Crippen LogP contribution in [0.1, 0.15) is 5.56 Å². The number of imidazole rings is 1. The number of rotatable bonds is 4. The van der Waals surface area contributed by atoms with E-state index in [0.29, 0.717) is 17.3 Å². The van der Waals surface area contributed by atoms with Gasteiger partial charge in [0.05, 0.1) is 0 Å². The summed E-state index contributed by atoms with van der Waals surface area (Å²) in [5.41, 5.74) is 3.07. The molecule has 5 heteroatoms. The number of halogens is 1. The molecule has 2 aromatic carbocycles. The van der Waals surface area contributed by atoms with E-state index in [2.05, 4.69) is 27.4 Å². The van der Waals surface area contributed by atoms with Gasteiger partial charge in [0.2, 0.25) is 5.78 Å². The van der Waals surface area contributed by atoms with E-state index in [1.54, 1.807) is 6.20 Å². The van der Waals surface area contributed by atoms with Gasteiger partial charge in [-0.05, 0) is 23.8 Å². The van der Waals surface area contributed by atoms with Crippen LogP contribution in [-0.2, 0) is 6.54 Å². The molecule has 0 aliphatic carbocycles. The summed E-state index contributed by atoms with van der Waals surface area (Å²) in [5.74, 6) is 1.59. The van der Waals surface area contributed by atoms with E-state index in [1.165, 1.54) is 5.56 Å². The Morgan fingerprint density at radius 1 is 0.958 bits per heavy atom. The van der Waals surface area contributed by atoms with Gasteiger partial charge in [-0.15, -0.1) is 0 Å². The SMILES string of the molecule is Clc1ccc(-c2nc3ncccn3c2NCc2ccccc2)cc1. The topological polar surface area (TPSA) is 42.2 Å². The maximum absolute atomic E-state index is 6.01. The summed E-state index contributed by atoms with van der Waals surface area (Å²) in [7, 11) is 0. The first kappa shape index (κ1) is 14.7. The number of aromatic nitrogens is 3. The van der Waals surface area contributed by atoms with Crippen LogP contribution < -0.4 is 5.32 Å². The van der Waals surface area contributed by atoms with Crippen LogP contribution in [0.5, 0.6) is 0 Å². The monoisotopic (exact) mass is 334 g/mol. The van der Waals surface area contributed by atoms with Crippen LogP contribution in [-0.4, -0.2) is 14.4 Å². The molecule has 0 saturated heterocycles. The van der Waals surface area contributed by atoms with Gasteiger partial charge in [-0.1, -0.05) is 54.1 Å². The number of hydrogen-bond donors (Lipinski definition) is 1. The second kappa shape index (κ2) is 6.34. The van der Waals surface area contributed by atoms with Crippen LogP contribution in [0.15, 0.2) is 73.1 Å². The zero-order chi connectivity index (χ0) is 16.4. The molecule has 0 radical (unpaired) electrons. The van der Waals surface area contributed by atoms with Crippen LogP contribution in [0.25, 0.3) is 17.0 Å². The first-order valence-corrected chi connectivity index (χ1v) is 8.06. The molecule has 0 atom stereocenters. The van der Waals surface area contributed by atoms with Crippen LogP contribution in [0, 0.1) is 0 Å². The third kappa shape index (κ3) is 2.84. The highest BCUT2D eigenvalue weighted by molar-refractivity contribution is 6.30. The van der Waals surface area contributed by atoms with Crippen molar-refractivity contribution in [1.29, 1.82) is 0 Å². The normalized spacial score (nSPS) is 10.9. The molecule has 2 aromatic heterocycles. The minimum Gasteiger partial charge on any atom is -0.365 e. The van der Waals surface area contributed by atoms with E-state index in [4.69, 9.17) is 11.6 Å². The Morgan fingerprint density at radius 3 is 2.54 bits per heavy atom. The maximum atomic E-state index is 6.01. The third-order valence-electron chi connectivity index (χ3n) is 3.82. The third-order valence-corrected chi connectivity index (χ3v) is 4.08. The van der Waals surface area contributed by atoms with E-state index in [9.17, 15) is 0 Å². The fraction of sp³-hybridized carbons (Fsp3) is 0.0526. The van der Waals surface area contributed by atoms with Gasteiger partial charge in [-0.3, -0.25) is 4.40 Å². The fourth-order valence-corrected chi connectivity index (χ4v) is 2.77. The van der Waals surface area contributed by atoms with Crippen molar-refractivity contribution in [2.75, 3.05) is 5.32 Å². The summed E-state index contributed by atoms with van der Waals surface area (Å²) in [6.07, 6.45) is 3.71. The van der Waals surface area contributed by atoms with Crippen LogP contribution in [0.2, 0.25) is 5.02 Å². The van der Waals surface area contributed by atoms with E-state index in [-0.39, 0.29) is 0 Å². The zero-order valence-corrected chi connectivity index (χ0v) is 13.6. The molecule has 0 spiro atoms. The highest BCUT2D eigenvalue weighted by Crippen LogP contribution is 2.29. The quantitative estimate of drug-likeness (QED) is 0.590. The van der Waals surface area contributed by atoms with Crippen molar-refractivity contribution < 1.29 is 0 Å². The number of hydrogen-bond acceptors (Lipinski definition) is 3. The Labute approximate surface area is 144 Å². The molecule has 4 aromatic rings. The fourth-order valence-electron chi connectivity index (χ4n) is 2.65. The smallest absolute Gasteiger partial charge is 0.235 e. The van der Waals surface area contributed by atoms with E-state index in [0.717, 1.165) is 17.1 Å². The highest BCUT2D eigenvalue weighted by atomic mass is 35.5. The summed E-state index contributed by atoms with van der Waals surface area (Å²) in [6, 6.07) is 19.8. The average Bonchev–Trinajstić information content (AvgIpc) is 3.00. The predicted octanol–water partition coefficient (Wildman–Crippen LogP) is 4.66. The number of anilines is 1. The lowest BCUT2D eigenvalue weighted by molar-refractivity contribution is 1.06. The van der Waals surface area contributed by atoms with Crippen LogP contribution in [0.3, 0.4) is 0 Å². The van der Waals surface area contributed by atoms with Crippen molar-refractivity contribution in [3.8, 4) is 11.3 Å². The zero-order valence-electron chi connectivity index (χ0n) is 12.9. The van der Waals surface area contributed by atoms with E-state index in [1.807, 2.05) is 59.1 Å². The Morgan fingerprint density at radius 2 is 1.75 bits per heavy atom. The maximum Gasteiger partial charge on any atom is 0.235 e. The predicted molar refractivity (Wildman–Crippen MR) is 97.2 cm³/mol. The lowest BCUT2D eigenvalue weighted by atomic mass is 10.1. The van der Waals surface area contributed by atoms with Gasteiger partial charge in [-0.2, -0.15) is 0 Å². The second-order valence-electron chi connectivity index (χ2n) is 5.44. The van der Waals surface area contributed by atoms with Crippen LogP contribution >= 0.6 is 11.6 Å². The summed E-state index contributed by atoms with van der Waals surface area (Å²) < 4.78 is 1.97. The molecule has 1 N–H and O–H groups in total. The van der Waals surface area contributed by atoms with Gasteiger partial charge in [-0.25, -0.2) is 9.97 Å². The van der Waals surface area contributed by atoms with E-state index < -0.39 is 0 Å². The number of fused-ring (bicyclic) bond motifs is 1. The molecular formula is C19H15ClN4. The molecule has 2 heterocycles. The summed E-state index contributed by atoms with van der Waals surface area (Å²) in [4.78, 5) is 9.02. The first-order valence-electron chi connectivity index (χ1n) is 7.68. The average molecular weight is 335 g/mol. The van der Waals surface area contributed by atoms with Crippen LogP contribution in [0.4, 0.5) is 5.82 Å². The van der Waals surface area contributed by atoms with Gasteiger partial charge in [0.1, 0.15) is 11.5 Å². The number of nitrogens with zero attached hydrogens (tertiary/aromatic N) is 3. The molecule has 0 aliphatic heterocycles. The van der Waals surface area contributed by atoms with Crippen molar-refractivity contribution in [3.05, 3.63) is 83.6 Å².